The zero-order valence-electron chi connectivity index (χ0n) is 10.4. The quantitative estimate of drug-likeness (QED) is 0.842. The van der Waals surface area contributed by atoms with Gasteiger partial charge in [-0.15, -0.1) is 0 Å². The molecular formula is C12H14BrN3O2S. The second-order valence-electron chi connectivity index (χ2n) is 4.13. The molecule has 1 heterocycles. The third-order valence-electron chi connectivity index (χ3n) is 2.60. The summed E-state index contributed by atoms with van der Waals surface area (Å²) in [5, 5.41) is 4.60. The fourth-order valence-electron chi connectivity index (χ4n) is 1.62. The van der Waals surface area contributed by atoms with Gasteiger partial charge in [0.1, 0.15) is 4.90 Å². The molecule has 5 nitrogen and oxygen atoms in total. The number of aromatic nitrogens is 2. The lowest BCUT2D eigenvalue weighted by atomic mass is 10.1. The predicted molar refractivity (Wildman–Crippen MR) is 76.3 cm³/mol. The Morgan fingerprint density at radius 1 is 1.37 bits per heavy atom. The lowest BCUT2D eigenvalue weighted by Gasteiger charge is -2.06. The van der Waals surface area contributed by atoms with Crippen LogP contribution in [0.1, 0.15) is 11.1 Å². The molecule has 0 spiro atoms. The van der Waals surface area contributed by atoms with Gasteiger partial charge in [0.2, 0.25) is 10.0 Å². The Labute approximate surface area is 120 Å². The molecule has 0 saturated heterocycles. The molecule has 2 aromatic rings. The predicted octanol–water partition coefficient (Wildman–Crippen LogP) is 1.79. The highest BCUT2D eigenvalue weighted by Crippen LogP contribution is 2.11. The highest BCUT2D eigenvalue weighted by Gasteiger charge is 2.15. The maximum Gasteiger partial charge on any atom is 0.243 e. The molecule has 0 aliphatic rings. The van der Waals surface area contributed by atoms with E-state index in [1.54, 1.807) is 7.05 Å². The van der Waals surface area contributed by atoms with Crippen molar-refractivity contribution in [3.05, 3.63) is 47.8 Å². The van der Waals surface area contributed by atoms with Crippen LogP contribution >= 0.6 is 15.9 Å². The summed E-state index contributed by atoms with van der Waals surface area (Å²) in [6.45, 7) is 0.262. The number of halogens is 1. The van der Waals surface area contributed by atoms with Crippen molar-refractivity contribution in [1.29, 1.82) is 0 Å². The Morgan fingerprint density at radius 3 is 2.74 bits per heavy atom. The van der Waals surface area contributed by atoms with Crippen molar-refractivity contribution in [3.63, 3.8) is 0 Å². The minimum Gasteiger partial charge on any atom is -0.274 e. The van der Waals surface area contributed by atoms with Crippen LogP contribution < -0.4 is 4.72 Å². The SMILES string of the molecule is Cn1cc(S(=O)(=O)NCc2cccc(CBr)c2)cn1. The molecule has 0 bridgehead atoms. The Hall–Kier alpha value is -1.18. The summed E-state index contributed by atoms with van der Waals surface area (Å²) in [7, 11) is -1.82. The van der Waals surface area contributed by atoms with Gasteiger partial charge in [0, 0.05) is 25.1 Å². The molecular weight excluding hydrogens is 330 g/mol. The Kier molecular flexibility index (Phi) is 4.38. The summed E-state index contributed by atoms with van der Waals surface area (Å²) in [6.07, 6.45) is 2.80. The van der Waals surface area contributed by atoms with Gasteiger partial charge < -0.3 is 0 Å². The molecule has 0 aliphatic carbocycles. The second kappa shape index (κ2) is 5.85. The van der Waals surface area contributed by atoms with Crippen molar-refractivity contribution in [3.8, 4) is 0 Å². The molecule has 0 saturated carbocycles. The average molecular weight is 344 g/mol. The van der Waals surface area contributed by atoms with Crippen LogP contribution in [-0.4, -0.2) is 18.2 Å². The maximum absolute atomic E-state index is 12.0. The van der Waals surface area contributed by atoms with Gasteiger partial charge in [0.15, 0.2) is 0 Å². The Bertz CT molecular complexity index is 667. The fourth-order valence-corrected chi connectivity index (χ4v) is 2.97. The number of sulfonamides is 1. The van der Waals surface area contributed by atoms with E-state index in [0.29, 0.717) is 0 Å². The minimum atomic E-state index is -3.50. The van der Waals surface area contributed by atoms with Crippen LogP contribution in [0.2, 0.25) is 0 Å². The summed E-state index contributed by atoms with van der Waals surface area (Å²) in [6, 6.07) is 7.73. The van der Waals surface area contributed by atoms with E-state index in [0.717, 1.165) is 16.5 Å². The van der Waals surface area contributed by atoms with Gasteiger partial charge in [-0.3, -0.25) is 4.68 Å². The molecule has 0 unspecified atom stereocenters. The number of hydrogen-bond acceptors (Lipinski definition) is 3. The van der Waals surface area contributed by atoms with Crippen LogP contribution in [0.5, 0.6) is 0 Å². The van der Waals surface area contributed by atoms with E-state index in [1.165, 1.54) is 17.1 Å². The molecule has 0 radical (unpaired) electrons. The summed E-state index contributed by atoms with van der Waals surface area (Å²) in [5.41, 5.74) is 2.03. The molecule has 0 fully saturated rings. The van der Waals surface area contributed by atoms with Crippen LogP contribution in [0.4, 0.5) is 0 Å². The summed E-state index contributed by atoms with van der Waals surface area (Å²) >= 11 is 3.37. The second-order valence-corrected chi connectivity index (χ2v) is 6.46. The standard InChI is InChI=1S/C12H14BrN3O2S/c1-16-9-12(8-14-16)19(17,18)15-7-11-4-2-3-10(5-11)6-13/h2-5,8-9,15H,6-7H2,1H3. The number of alkyl halides is 1. The van der Waals surface area contributed by atoms with Gasteiger partial charge in [0.05, 0.1) is 6.20 Å². The summed E-state index contributed by atoms with van der Waals surface area (Å²) in [4.78, 5) is 0.173. The van der Waals surface area contributed by atoms with Crippen LogP contribution in [0.15, 0.2) is 41.6 Å². The van der Waals surface area contributed by atoms with Gasteiger partial charge in [-0.2, -0.15) is 5.10 Å². The van der Waals surface area contributed by atoms with Gasteiger partial charge in [-0.05, 0) is 11.1 Å². The average Bonchev–Trinajstić information content (AvgIpc) is 2.84. The molecule has 102 valence electrons. The van der Waals surface area contributed by atoms with Gasteiger partial charge in [-0.25, -0.2) is 13.1 Å². The van der Waals surface area contributed by atoms with E-state index in [1.807, 2.05) is 24.3 Å². The van der Waals surface area contributed by atoms with Crippen LogP contribution in [0, 0.1) is 0 Å². The largest absolute Gasteiger partial charge is 0.274 e. The summed E-state index contributed by atoms with van der Waals surface area (Å²) in [5.74, 6) is 0. The molecule has 0 aliphatic heterocycles. The molecule has 2 rings (SSSR count). The van der Waals surface area contributed by atoms with Crippen molar-refractivity contribution in [2.24, 2.45) is 7.05 Å². The molecule has 7 heteroatoms. The van der Waals surface area contributed by atoms with E-state index in [4.69, 9.17) is 0 Å². The van der Waals surface area contributed by atoms with E-state index in [9.17, 15) is 8.42 Å². The van der Waals surface area contributed by atoms with Gasteiger partial charge in [0.25, 0.3) is 0 Å². The van der Waals surface area contributed by atoms with Gasteiger partial charge >= 0.3 is 0 Å². The maximum atomic E-state index is 12.0. The molecule has 0 atom stereocenters. The number of rotatable bonds is 5. The smallest absolute Gasteiger partial charge is 0.243 e. The first kappa shape index (κ1) is 14.2. The normalized spacial score (nSPS) is 11.7. The zero-order valence-corrected chi connectivity index (χ0v) is 12.8. The molecule has 1 aromatic carbocycles. The first-order valence-electron chi connectivity index (χ1n) is 5.63. The van der Waals surface area contributed by atoms with Crippen molar-refractivity contribution >= 4 is 26.0 Å². The first-order valence-corrected chi connectivity index (χ1v) is 8.24. The Balaban J connectivity index is 2.09. The van der Waals surface area contributed by atoms with Crippen molar-refractivity contribution in [2.75, 3.05) is 0 Å². The van der Waals surface area contributed by atoms with Gasteiger partial charge in [-0.1, -0.05) is 40.2 Å². The van der Waals surface area contributed by atoms with E-state index < -0.39 is 10.0 Å². The van der Waals surface area contributed by atoms with Crippen LogP contribution in [0.3, 0.4) is 0 Å². The lowest BCUT2D eigenvalue weighted by molar-refractivity contribution is 0.581. The van der Waals surface area contributed by atoms with E-state index in [-0.39, 0.29) is 11.4 Å². The molecule has 1 N–H and O–H groups in total. The monoisotopic (exact) mass is 343 g/mol. The third-order valence-corrected chi connectivity index (χ3v) is 4.61. The highest BCUT2D eigenvalue weighted by molar-refractivity contribution is 9.08. The first-order chi connectivity index (χ1) is 9.01. The highest BCUT2D eigenvalue weighted by atomic mass is 79.9. The topological polar surface area (TPSA) is 64.0 Å². The number of nitrogens with zero attached hydrogens (tertiary/aromatic N) is 2. The zero-order chi connectivity index (χ0) is 13.9. The third kappa shape index (κ3) is 3.65. The van der Waals surface area contributed by atoms with Crippen LogP contribution in [-0.2, 0) is 28.9 Å². The molecule has 1 aromatic heterocycles. The van der Waals surface area contributed by atoms with Crippen LogP contribution in [0.25, 0.3) is 0 Å². The van der Waals surface area contributed by atoms with Crippen molar-refractivity contribution < 1.29 is 8.42 Å². The fraction of sp³-hybridized carbons (Fsp3) is 0.250. The number of benzene rings is 1. The van der Waals surface area contributed by atoms with Crippen molar-refractivity contribution in [2.45, 2.75) is 16.8 Å². The number of nitrogens with one attached hydrogen (secondary N) is 1. The van der Waals surface area contributed by atoms with E-state index in [2.05, 4.69) is 25.8 Å². The number of aryl methyl sites for hydroxylation is 1. The molecule has 19 heavy (non-hydrogen) atoms. The van der Waals surface area contributed by atoms with E-state index >= 15 is 0 Å². The summed E-state index contributed by atoms with van der Waals surface area (Å²) < 4.78 is 28.0. The number of hydrogen-bond donors (Lipinski definition) is 1. The van der Waals surface area contributed by atoms with Crippen molar-refractivity contribution in [1.82, 2.24) is 14.5 Å². The minimum absolute atomic E-state index is 0.173. The Morgan fingerprint density at radius 2 is 2.11 bits per heavy atom. The molecule has 0 amide bonds. The lowest BCUT2D eigenvalue weighted by Crippen LogP contribution is -2.22.